The van der Waals surface area contributed by atoms with E-state index in [1.807, 2.05) is 22.7 Å². The number of amides is 2. The van der Waals surface area contributed by atoms with Gasteiger partial charge in [-0.2, -0.15) is 11.8 Å². The van der Waals surface area contributed by atoms with E-state index in [4.69, 9.17) is 0 Å². The minimum atomic E-state index is 0.0798. The third-order valence-electron chi connectivity index (χ3n) is 3.88. The highest BCUT2D eigenvalue weighted by molar-refractivity contribution is 7.99. The fourth-order valence-electron chi connectivity index (χ4n) is 2.76. The van der Waals surface area contributed by atoms with Crippen LogP contribution in [0.2, 0.25) is 0 Å². The standard InChI is InChI=1S/C14H21N5OS/c20-14(18-7-9-21-10-8-18)17-12-3-1-6-19(11-12)13-15-4-2-5-16-13/h2,4-5,12H,1,3,6-11H2,(H,17,20)/t12-/m1/s1. The van der Waals surface area contributed by atoms with Gasteiger partial charge in [0.25, 0.3) is 0 Å². The lowest BCUT2D eigenvalue weighted by Gasteiger charge is -2.35. The maximum absolute atomic E-state index is 12.3. The van der Waals surface area contributed by atoms with Crippen LogP contribution in [-0.2, 0) is 0 Å². The molecule has 1 aromatic rings. The average Bonchev–Trinajstić information content (AvgIpc) is 2.57. The zero-order chi connectivity index (χ0) is 14.5. The molecule has 0 aromatic carbocycles. The molecule has 1 atom stereocenters. The SMILES string of the molecule is O=C(N[C@@H]1CCCN(c2ncccn2)C1)N1CCSCC1. The van der Waals surface area contributed by atoms with Crippen molar-refractivity contribution in [2.24, 2.45) is 0 Å². The number of nitrogens with one attached hydrogen (secondary N) is 1. The topological polar surface area (TPSA) is 61.4 Å². The van der Waals surface area contributed by atoms with Crippen molar-refractivity contribution in [3.05, 3.63) is 18.5 Å². The second kappa shape index (κ2) is 6.98. The van der Waals surface area contributed by atoms with Crippen molar-refractivity contribution in [1.29, 1.82) is 0 Å². The first-order chi connectivity index (χ1) is 10.3. The highest BCUT2D eigenvalue weighted by atomic mass is 32.2. The zero-order valence-electron chi connectivity index (χ0n) is 12.1. The van der Waals surface area contributed by atoms with E-state index in [9.17, 15) is 4.79 Å². The van der Waals surface area contributed by atoms with Crippen molar-refractivity contribution in [2.45, 2.75) is 18.9 Å². The van der Waals surface area contributed by atoms with Crippen molar-refractivity contribution in [2.75, 3.05) is 42.6 Å². The van der Waals surface area contributed by atoms with E-state index in [0.717, 1.165) is 56.5 Å². The Morgan fingerprint density at radius 2 is 2.00 bits per heavy atom. The first kappa shape index (κ1) is 14.4. The van der Waals surface area contributed by atoms with Crippen LogP contribution in [0.5, 0.6) is 0 Å². The van der Waals surface area contributed by atoms with E-state index in [1.54, 1.807) is 12.4 Å². The second-order valence-corrected chi connectivity index (χ2v) is 6.61. The van der Waals surface area contributed by atoms with Crippen molar-refractivity contribution >= 4 is 23.7 Å². The summed E-state index contributed by atoms with van der Waals surface area (Å²) in [4.78, 5) is 24.9. The number of anilines is 1. The lowest BCUT2D eigenvalue weighted by molar-refractivity contribution is 0.197. The van der Waals surface area contributed by atoms with Crippen molar-refractivity contribution < 1.29 is 4.79 Å². The molecule has 0 saturated carbocycles. The molecule has 6 nitrogen and oxygen atoms in total. The Morgan fingerprint density at radius 3 is 2.76 bits per heavy atom. The Bertz CT molecular complexity index is 466. The first-order valence-corrected chi connectivity index (χ1v) is 8.63. The third-order valence-corrected chi connectivity index (χ3v) is 4.82. The van der Waals surface area contributed by atoms with Gasteiger partial charge in [0.15, 0.2) is 0 Å². The van der Waals surface area contributed by atoms with Gasteiger partial charge < -0.3 is 15.1 Å². The van der Waals surface area contributed by atoms with Crippen LogP contribution >= 0.6 is 11.8 Å². The fraction of sp³-hybridized carbons (Fsp3) is 0.643. The molecule has 2 saturated heterocycles. The number of hydrogen-bond donors (Lipinski definition) is 1. The number of rotatable bonds is 2. The molecule has 7 heteroatoms. The Morgan fingerprint density at radius 1 is 1.24 bits per heavy atom. The van der Waals surface area contributed by atoms with Crippen LogP contribution in [0.4, 0.5) is 10.7 Å². The molecule has 2 fully saturated rings. The Hall–Kier alpha value is -1.50. The van der Waals surface area contributed by atoms with Crippen LogP contribution in [0.1, 0.15) is 12.8 Å². The third kappa shape index (κ3) is 3.78. The molecule has 0 radical (unpaired) electrons. The monoisotopic (exact) mass is 307 g/mol. The molecule has 1 N–H and O–H groups in total. The summed E-state index contributed by atoms with van der Waals surface area (Å²) in [6, 6.07) is 2.09. The van der Waals surface area contributed by atoms with E-state index in [-0.39, 0.29) is 12.1 Å². The molecule has 114 valence electrons. The minimum Gasteiger partial charge on any atom is -0.339 e. The largest absolute Gasteiger partial charge is 0.339 e. The van der Waals surface area contributed by atoms with Crippen molar-refractivity contribution in [3.63, 3.8) is 0 Å². The number of aromatic nitrogens is 2. The van der Waals surface area contributed by atoms with Gasteiger partial charge in [0.05, 0.1) is 0 Å². The number of urea groups is 1. The van der Waals surface area contributed by atoms with Crippen LogP contribution < -0.4 is 10.2 Å². The highest BCUT2D eigenvalue weighted by Gasteiger charge is 2.25. The van der Waals surface area contributed by atoms with Gasteiger partial charge >= 0.3 is 6.03 Å². The van der Waals surface area contributed by atoms with Gasteiger partial charge in [0.2, 0.25) is 5.95 Å². The summed E-state index contributed by atoms with van der Waals surface area (Å²) in [5, 5.41) is 3.17. The predicted octanol–water partition coefficient (Wildman–Crippen LogP) is 1.20. The average molecular weight is 307 g/mol. The molecule has 0 aliphatic carbocycles. The van der Waals surface area contributed by atoms with Crippen LogP contribution in [0.25, 0.3) is 0 Å². The van der Waals surface area contributed by atoms with Gasteiger partial charge in [0, 0.05) is 56.1 Å². The fourth-order valence-corrected chi connectivity index (χ4v) is 3.67. The summed E-state index contributed by atoms with van der Waals surface area (Å²) >= 11 is 1.91. The van der Waals surface area contributed by atoms with Gasteiger partial charge in [-0.1, -0.05) is 0 Å². The maximum Gasteiger partial charge on any atom is 0.317 e. The molecule has 1 aromatic heterocycles. The maximum atomic E-state index is 12.3. The van der Waals surface area contributed by atoms with Gasteiger partial charge in [-0.25, -0.2) is 14.8 Å². The Kier molecular flexibility index (Phi) is 4.80. The van der Waals surface area contributed by atoms with Gasteiger partial charge in [-0.15, -0.1) is 0 Å². The van der Waals surface area contributed by atoms with E-state index in [0.29, 0.717) is 0 Å². The number of carbonyl (C=O) groups is 1. The molecular weight excluding hydrogens is 286 g/mol. The molecule has 3 rings (SSSR count). The lowest BCUT2D eigenvalue weighted by Crippen LogP contribution is -2.53. The summed E-state index contributed by atoms with van der Waals surface area (Å²) in [5.41, 5.74) is 0. The van der Waals surface area contributed by atoms with E-state index in [1.165, 1.54) is 0 Å². The van der Waals surface area contributed by atoms with Crippen LogP contribution in [0.3, 0.4) is 0 Å². The summed E-state index contributed by atoms with van der Waals surface area (Å²) in [6.45, 7) is 3.46. The van der Waals surface area contributed by atoms with Gasteiger partial charge in [-0.3, -0.25) is 0 Å². The molecule has 0 spiro atoms. The molecule has 0 bridgehead atoms. The number of nitrogens with zero attached hydrogens (tertiary/aromatic N) is 4. The second-order valence-electron chi connectivity index (χ2n) is 5.38. The lowest BCUT2D eigenvalue weighted by atomic mass is 10.1. The number of piperidine rings is 1. The number of carbonyl (C=O) groups excluding carboxylic acids is 1. The van der Waals surface area contributed by atoms with Crippen LogP contribution in [0, 0.1) is 0 Å². The Labute approximate surface area is 129 Å². The summed E-state index contributed by atoms with van der Waals surface area (Å²) in [7, 11) is 0. The van der Waals surface area contributed by atoms with Crippen LogP contribution in [0.15, 0.2) is 18.5 Å². The summed E-state index contributed by atoms with van der Waals surface area (Å²) in [5.74, 6) is 2.84. The zero-order valence-corrected chi connectivity index (χ0v) is 12.9. The smallest absolute Gasteiger partial charge is 0.317 e. The minimum absolute atomic E-state index is 0.0798. The molecule has 2 aliphatic rings. The van der Waals surface area contributed by atoms with Gasteiger partial charge in [0.1, 0.15) is 0 Å². The molecule has 21 heavy (non-hydrogen) atoms. The van der Waals surface area contributed by atoms with Gasteiger partial charge in [-0.05, 0) is 18.9 Å². The number of thioether (sulfide) groups is 1. The van der Waals surface area contributed by atoms with E-state index >= 15 is 0 Å². The number of hydrogen-bond acceptors (Lipinski definition) is 5. The van der Waals surface area contributed by atoms with Crippen molar-refractivity contribution in [3.8, 4) is 0 Å². The van der Waals surface area contributed by atoms with Crippen LogP contribution in [-0.4, -0.2) is 64.6 Å². The highest BCUT2D eigenvalue weighted by Crippen LogP contribution is 2.16. The quantitative estimate of drug-likeness (QED) is 0.890. The molecule has 3 heterocycles. The molecule has 0 unspecified atom stereocenters. The van der Waals surface area contributed by atoms with Crippen molar-refractivity contribution in [1.82, 2.24) is 20.2 Å². The summed E-state index contributed by atoms with van der Waals surface area (Å²) in [6.07, 6.45) is 5.60. The molecular formula is C14H21N5OS. The normalized spacial score (nSPS) is 23.0. The summed E-state index contributed by atoms with van der Waals surface area (Å²) < 4.78 is 0. The molecule has 2 aliphatic heterocycles. The molecule has 2 amide bonds. The van der Waals surface area contributed by atoms with E-state index < -0.39 is 0 Å². The first-order valence-electron chi connectivity index (χ1n) is 7.48. The Balaban J connectivity index is 1.55. The van der Waals surface area contributed by atoms with E-state index in [2.05, 4.69) is 20.2 Å². The predicted molar refractivity (Wildman–Crippen MR) is 84.7 cm³/mol.